The third-order valence-corrected chi connectivity index (χ3v) is 6.52. The molecule has 0 aliphatic carbocycles. The number of thiazole rings is 2. The summed E-state index contributed by atoms with van der Waals surface area (Å²) in [6, 6.07) is 10.8. The quantitative estimate of drug-likeness (QED) is 0.400. The molecule has 0 atom stereocenters. The van der Waals surface area contributed by atoms with Crippen LogP contribution in [0.15, 0.2) is 41.4 Å². The number of aromatic nitrogens is 2. The van der Waals surface area contributed by atoms with Crippen molar-refractivity contribution in [2.75, 3.05) is 6.61 Å². The average molecular weight is 466 g/mol. The Morgan fingerprint density at radius 3 is 2.72 bits per heavy atom. The number of hydrogen-bond acceptors (Lipinski definition) is 6. The first-order valence-electron chi connectivity index (χ1n) is 8.55. The summed E-state index contributed by atoms with van der Waals surface area (Å²) in [7, 11) is 0. The molecule has 0 spiro atoms. The smallest absolute Gasteiger partial charge is 0.326 e. The topological polar surface area (TPSA) is 73.6 Å². The lowest BCUT2D eigenvalue weighted by molar-refractivity contribution is -0.143. The van der Waals surface area contributed by atoms with E-state index in [0.29, 0.717) is 25.1 Å². The Bertz CT molecular complexity index is 1290. The summed E-state index contributed by atoms with van der Waals surface area (Å²) < 4.78 is 8.23. The van der Waals surface area contributed by atoms with Crippen LogP contribution in [0.4, 0.5) is 0 Å². The fourth-order valence-corrected chi connectivity index (χ4v) is 5.46. The van der Waals surface area contributed by atoms with Crippen LogP contribution < -0.4 is 4.80 Å². The zero-order valence-corrected chi connectivity index (χ0v) is 18.2. The highest BCUT2D eigenvalue weighted by atomic mass is 35.5. The highest BCUT2D eigenvalue weighted by molar-refractivity contribution is 7.20. The second-order valence-corrected chi connectivity index (χ2v) is 8.80. The van der Waals surface area contributed by atoms with Gasteiger partial charge in [0.05, 0.1) is 32.1 Å². The van der Waals surface area contributed by atoms with Crippen LogP contribution >= 0.6 is 45.9 Å². The third kappa shape index (κ3) is 4.06. The van der Waals surface area contributed by atoms with Crippen LogP contribution in [-0.4, -0.2) is 28.0 Å². The molecule has 0 radical (unpaired) electrons. The van der Waals surface area contributed by atoms with E-state index < -0.39 is 11.9 Å². The lowest BCUT2D eigenvalue weighted by atomic mass is 10.3. The molecule has 6 nitrogen and oxygen atoms in total. The molecule has 0 fully saturated rings. The van der Waals surface area contributed by atoms with Gasteiger partial charge in [-0.25, -0.2) is 4.98 Å². The zero-order valence-electron chi connectivity index (χ0n) is 15.0. The number of ether oxygens (including phenoxy) is 1. The van der Waals surface area contributed by atoms with Gasteiger partial charge in [0.1, 0.15) is 6.54 Å². The van der Waals surface area contributed by atoms with Crippen molar-refractivity contribution in [1.82, 2.24) is 9.55 Å². The predicted octanol–water partition coefficient (Wildman–Crippen LogP) is 4.92. The minimum absolute atomic E-state index is 0.124. The van der Waals surface area contributed by atoms with Crippen LogP contribution in [0.25, 0.3) is 20.4 Å². The number of carbonyl (C=O) groups excluding carboxylic acids is 2. The molecular formula is C19H13Cl2N3O3S2. The Morgan fingerprint density at radius 1 is 1.17 bits per heavy atom. The fourth-order valence-electron chi connectivity index (χ4n) is 2.80. The number of nitrogens with zero attached hydrogens (tertiary/aromatic N) is 3. The van der Waals surface area contributed by atoms with Crippen LogP contribution in [0, 0.1) is 0 Å². The normalized spacial score (nSPS) is 12.0. The Kier molecular flexibility index (Phi) is 5.69. The van der Waals surface area contributed by atoms with E-state index in [9.17, 15) is 9.59 Å². The predicted molar refractivity (Wildman–Crippen MR) is 116 cm³/mol. The molecule has 4 rings (SSSR count). The summed E-state index contributed by atoms with van der Waals surface area (Å²) in [6.45, 7) is 1.85. The summed E-state index contributed by atoms with van der Waals surface area (Å²) >= 11 is 14.9. The van der Waals surface area contributed by atoms with E-state index in [0.717, 1.165) is 10.2 Å². The molecule has 1 amide bonds. The lowest BCUT2D eigenvalue weighted by Gasteiger charge is -2.06. The molecule has 0 aliphatic rings. The van der Waals surface area contributed by atoms with Crippen molar-refractivity contribution in [1.29, 1.82) is 0 Å². The number of benzene rings is 2. The van der Waals surface area contributed by atoms with Gasteiger partial charge < -0.3 is 9.30 Å². The zero-order chi connectivity index (χ0) is 20.5. The fraction of sp³-hybridized carbons (Fsp3) is 0.158. The molecule has 0 saturated carbocycles. The lowest BCUT2D eigenvalue weighted by Crippen LogP contribution is -2.23. The molecule has 148 valence electrons. The van der Waals surface area contributed by atoms with Crippen LogP contribution in [0.3, 0.4) is 0 Å². The highest BCUT2D eigenvalue weighted by Crippen LogP contribution is 2.30. The standard InChI is InChI=1S/C19H13Cl2N3O3S2/c1-2-27-15(25)9-24-16-11(21)7-10(20)8-14(16)29-19(24)23-17(26)18-22-12-5-3-4-6-13(12)28-18/h3-8H,2,9H2,1H3. The maximum Gasteiger partial charge on any atom is 0.326 e. The number of halogens is 2. The largest absolute Gasteiger partial charge is 0.465 e. The van der Waals surface area contributed by atoms with Gasteiger partial charge in [-0.3, -0.25) is 9.59 Å². The van der Waals surface area contributed by atoms with E-state index in [2.05, 4.69) is 9.98 Å². The number of para-hydroxylation sites is 1. The first kappa shape index (κ1) is 20.0. The van der Waals surface area contributed by atoms with Gasteiger partial charge in [-0.2, -0.15) is 4.99 Å². The molecule has 2 aromatic heterocycles. The minimum Gasteiger partial charge on any atom is -0.465 e. The average Bonchev–Trinajstić information content (AvgIpc) is 3.23. The van der Waals surface area contributed by atoms with Crippen molar-refractivity contribution in [3.8, 4) is 0 Å². The van der Waals surface area contributed by atoms with Crippen molar-refractivity contribution in [2.45, 2.75) is 13.5 Å². The number of hydrogen-bond donors (Lipinski definition) is 0. The van der Waals surface area contributed by atoms with Crippen molar-refractivity contribution in [3.63, 3.8) is 0 Å². The van der Waals surface area contributed by atoms with Gasteiger partial charge in [0, 0.05) is 5.02 Å². The van der Waals surface area contributed by atoms with Gasteiger partial charge in [0.25, 0.3) is 0 Å². The van der Waals surface area contributed by atoms with E-state index in [-0.39, 0.29) is 18.2 Å². The summed E-state index contributed by atoms with van der Waals surface area (Å²) in [5.74, 6) is -0.940. The van der Waals surface area contributed by atoms with Crippen molar-refractivity contribution in [2.24, 2.45) is 4.99 Å². The van der Waals surface area contributed by atoms with Crippen LogP contribution in [-0.2, 0) is 16.1 Å². The highest BCUT2D eigenvalue weighted by Gasteiger charge is 2.17. The molecule has 0 unspecified atom stereocenters. The van der Waals surface area contributed by atoms with Crippen molar-refractivity contribution >= 4 is 78.2 Å². The summed E-state index contributed by atoms with van der Waals surface area (Å²) in [5, 5.41) is 1.09. The Morgan fingerprint density at radius 2 is 1.97 bits per heavy atom. The van der Waals surface area contributed by atoms with E-state index in [4.69, 9.17) is 27.9 Å². The number of carbonyl (C=O) groups is 2. The van der Waals surface area contributed by atoms with Gasteiger partial charge in [-0.05, 0) is 31.2 Å². The number of rotatable bonds is 4. The van der Waals surface area contributed by atoms with E-state index >= 15 is 0 Å². The van der Waals surface area contributed by atoms with Crippen LogP contribution in [0.5, 0.6) is 0 Å². The summed E-state index contributed by atoms with van der Waals surface area (Å²) in [6.07, 6.45) is 0. The number of amides is 1. The Labute approximate surface area is 183 Å². The molecular weight excluding hydrogens is 453 g/mol. The molecule has 29 heavy (non-hydrogen) atoms. The Hall–Kier alpha value is -2.26. The Balaban J connectivity index is 1.85. The maximum absolute atomic E-state index is 12.8. The molecule has 10 heteroatoms. The summed E-state index contributed by atoms with van der Waals surface area (Å²) in [5.41, 5.74) is 1.31. The van der Waals surface area contributed by atoms with Gasteiger partial charge >= 0.3 is 11.9 Å². The first-order chi connectivity index (χ1) is 14.0. The van der Waals surface area contributed by atoms with Gasteiger partial charge in [0.2, 0.25) is 0 Å². The molecule has 4 aromatic rings. The summed E-state index contributed by atoms with van der Waals surface area (Å²) in [4.78, 5) is 33.8. The maximum atomic E-state index is 12.8. The van der Waals surface area contributed by atoms with Gasteiger partial charge in [0.15, 0.2) is 9.81 Å². The van der Waals surface area contributed by atoms with Gasteiger partial charge in [-0.1, -0.05) is 46.7 Å². The number of esters is 1. The molecule has 0 aliphatic heterocycles. The van der Waals surface area contributed by atoms with E-state index in [1.54, 1.807) is 23.6 Å². The molecule has 0 N–H and O–H groups in total. The van der Waals surface area contributed by atoms with Crippen LogP contribution in [0.2, 0.25) is 10.0 Å². The molecule has 2 aromatic carbocycles. The van der Waals surface area contributed by atoms with Crippen LogP contribution in [0.1, 0.15) is 16.7 Å². The SMILES string of the molecule is CCOC(=O)Cn1c(=NC(=O)c2nc3ccccc3s2)sc2cc(Cl)cc(Cl)c21. The third-order valence-electron chi connectivity index (χ3n) is 3.96. The monoisotopic (exact) mass is 465 g/mol. The van der Waals surface area contributed by atoms with Crippen molar-refractivity contribution < 1.29 is 14.3 Å². The van der Waals surface area contributed by atoms with Gasteiger partial charge in [-0.15, -0.1) is 11.3 Å². The number of fused-ring (bicyclic) bond motifs is 2. The second kappa shape index (κ2) is 8.23. The molecule has 0 saturated heterocycles. The van der Waals surface area contributed by atoms with Crippen molar-refractivity contribution in [3.05, 3.63) is 56.3 Å². The first-order valence-corrected chi connectivity index (χ1v) is 10.9. The molecule has 2 heterocycles. The van der Waals surface area contributed by atoms with E-state index in [1.165, 1.54) is 22.7 Å². The van der Waals surface area contributed by atoms with E-state index in [1.807, 2.05) is 24.3 Å². The second-order valence-electron chi connectivity index (χ2n) is 5.91. The molecule has 0 bridgehead atoms. The minimum atomic E-state index is -0.488.